The molecule has 1 aromatic heterocycles. The number of hydrogen-bond acceptors (Lipinski definition) is 5. The minimum absolute atomic E-state index is 0.0329. The van der Waals surface area contributed by atoms with Crippen molar-refractivity contribution < 1.29 is 18.9 Å². The number of para-hydroxylation sites is 1. The van der Waals surface area contributed by atoms with Gasteiger partial charge in [0.25, 0.3) is 5.69 Å². The average Bonchev–Trinajstić information content (AvgIpc) is 2.71. The Balaban J connectivity index is 1.61. The summed E-state index contributed by atoms with van der Waals surface area (Å²) in [5.74, 6) is -2.10. The van der Waals surface area contributed by atoms with E-state index in [4.69, 9.17) is 0 Å². The van der Waals surface area contributed by atoms with E-state index in [0.29, 0.717) is 17.4 Å². The predicted octanol–water partition coefficient (Wildman–Crippen LogP) is 2.92. The molecule has 148 valence electrons. The van der Waals surface area contributed by atoms with Crippen LogP contribution in [0.2, 0.25) is 0 Å². The standard InChI is InChI=1S/C20H17FN4O4/c1-24(9-8-13-4-2-6-16(10-13)25(28)29)20(27)19(26)23-15-11-14-5-3-7-17(21)18(14)22-12-15/h2-7,10-12H,8-9H2,1H3,(H,23,26). The molecule has 0 saturated carbocycles. The smallest absolute Gasteiger partial charge is 0.313 e. The Labute approximate surface area is 165 Å². The first kappa shape index (κ1) is 19.9. The summed E-state index contributed by atoms with van der Waals surface area (Å²) >= 11 is 0. The highest BCUT2D eigenvalue weighted by Crippen LogP contribution is 2.19. The normalized spacial score (nSPS) is 10.6. The number of rotatable bonds is 5. The number of hydrogen-bond donors (Lipinski definition) is 1. The Bertz CT molecular complexity index is 1100. The third-order valence-corrected chi connectivity index (χ3v) is 4.32. The van der Waals surface area contributed by atoms with Crippen LogP contribution in [-0.2, 0) is 16.0 Å². The van der Waals surface area contributed by atoms with E-state index in [2.05, 4.69) is 10.3 Å². The third-order valence-electron chi connectivity index (χ3n) is 4.32. The number of likely N-dealkylation sites (N-methyl/N-ethyl adjacent to an activating group) is 1. The number of anilines is 1. The van der Waals surface area contributed by atoms with Crippen LogP contribution in [-0.4, -0.2) is 40.2 Å². The molecule has 29 heavy (non-hydrogen) atoms. The molecule has 0 spiro atoms. The maximum atomic E-state index is 13.7. The minimum Gasteiger partial charge on any atom is -0.337 e. The van der Waals surface area contributed by atoms with Crippen LogP contribution in [0.4, 0.5) is 15.8 Å². The van der Waals surface area contributed by atoms with Crippen LogP contribution < -0.4 is 5.32 Å². The first-order valence-electron chi connectivity index (χ1n) is 8.69. The molecule has 9 heteroatoms. The van der Waals surface area contributed by atoms with E-state index >= 15 is 0 Å². The third kappa shape index (κ3) is 4.70. The zero-order chi connectivity index (χ0) is 21.0. The van der Waals surface area contributed by atoms with E-state index in [0.717, 1.165) is 0 Å². The fraction of sp³-hybridized carbons (Fsp3) is 0.150. The summed E-state index contributed by atoms with van der Waals surface area (Å²) in [6.07, 6.45) is 1.63. The predicted molar refractivity (Wildman–Crippen MR) is 105 cm³/mol. The molecule has 1 N–H and O–H groups in total. The summed E-state index contributed by atoms with van der Waals surface area (Å²) in [5, 5.41) is 13.8. The van der Waals surface area contributed by atoms with Crippen LogP contribution in [0.5, 0.6) is 0 Å². The van der Waals surface area contributed by atoms with Gasteiger partial charge in [0.05, 0.1) is 16.8 Å². The Kier molecular flexibility index (Phi) is 5.77. The highest BCUT2D eigenvalue weighted by atomic mass is 19.1. The zero-order valence-electron chi connectivity index (χ0n) is 15.5. The number of halogens is 1. The second-order valence-electron chi connectivity index (χ2n) is 6.39. The van der Waals surface area contributed by atoms with Crippen molar-refractivity contribution in [2.75, 3.05) is 18.9 Å². The molecule has 0 bridgehead atoms. The molecule has 1 heterocycles. The van der Waals surface area contributed by atoms with E-state index in [1.165, 1.54) is 48.5 Å². The van der Waals surface area contributed by atoms with Gasteiger partial charge >= 0.3 is 11.8 Å². The zero-order valence-corrected chi connectivity index (χ0v) is 15.5. The summed E-state index contributed by atoms with van der Waals surface area (Å²) in [7, 11) is 1.47. The second kappa shape index (κ2) is 8.42. The van der Waals surface area contributed by atoms with Gasteiger partial charge in [-0.25, -0.2) is 4.39 Å². The van der Waals surface area contributed by atoms with Gasteiger partial charge in [-0.1, -0.05) is 24.3 Å². The lowest BCUT2D eigenvalue weighted by molar-refractivity contribution is -0.384. The lowest BCUT2D eigenvalue weighted by Crippen LogP contribution is -2.38. The SMILES string of the molecule is CN(CCc1cccc([N+](=O)[O-])c1)C(=O)C(=O)Nc1cnc2c(F)cccc2c1. The fourth-order valence-electron chi connectivity index (χ4n) is 2.77. The number of nitro benzene ring substituents is 1. The molecule has 8 nitrogen and oxygen atoms in total. The number of nitro groups is 1. The Morgan fingerprint density at radius 2 is 1.97 bits per heavy atom. The highest BCUT2D eigenvalue weighted by Gasteiger charge is 2.19. The van der Waals surface area contributed by atoms with Crippen LogP contribution in [0.3, 0.4) is 0 Å². The first-order chi connectivity index (χ1) is 13.8. The van der Waals surface area contributed by atoms with E-state index in [1.807, 2.05) is 0 Å². The number of aromatic nitrogens is 1. The largest absolute Gasteiger partial charge is 0.337 e. The number of pyridine rings is 1. The minimum atomic E-state index is -0.857. The Morgan fingerprint density at radius 1 is 1.21 bits per heavy atom. The summed E-state index contributed by atoms with van der Waals surface area (Å²) in [6.45, 7) is 0.203. The van der Waals surface area contributed by atoms with Crippen molar-refractivity contribution in [3.63, 3.8) is 0 Å². The van der Waals surface area contributed by atoms with E-state index in [-0.39, 0.29) is 23.4 Å². The lowest BCUT2D eigenvalue weighted by Gasteiger charge is -2.16. The number of non-ortho nitro benzene ring substituents is 1. The summed E-state index contributed by atoms with van der Waals surface area (Å²) in [6, 6.07) is 12.1. The van der Waals surface area contributed by atoms with Crippen molar-refractivity contribution in [3.05, 3.63) is 76.2 Å². The number of carbonyl (C=O) groups excluding carboxylic acids is 2. The van der Waals surface area contributed by atoms with Gasteiger partial charge in [-0.15, -0.1) is 0 Å². The van der Waals surface area contributed by atoms with Crippen molar-refractivity contribution in [1.29, 1.82) is 0 Å². The molecule has 3 aromatic rings. The Hall–Kier alpha value is -3.88. The van der Waals surface area contributed by atoms with E-state index < -0.39 is 22.6 Å². The van der Waals surface area contributed by atoms with Gasteiger partial charge in [0.1, 0.15) is 11.3 Å². The van der Waals surface area contributed by atoms with Gasteiger partial charge in [0.2, 0.25) is 0 Å². The monoisotopic (exact) mass is 396 g/mol. The molecule has 0 radical (unpaired) electrons. The van der Waals surface area contributed by atoms with Crippen molar-refractivity contribution in [2.45, 2.75) is 6.42 Å². The van der Waals surface area contributed by atoms with Gasteiger partial charge in [0, 0.05) is 31.1 Å². The van der Waals surface area contributed by atoms with Gasteiger partial charge in [-0.05, 0) is 24.1 Å². The molecule has 0 fully saturated rings. The van der Waals surface area contributed by atoms with Crippen molar-refractivity contribution in [3.8, 4) is 0 Å². The number of benzene rings is 2. The molecular weight excluding hydrogens is 379 g/mol. The van der Waals surface area contributed by atoms with Crippen molar-refractivity contribution >= 4 is 34.1 Å². The van der Waals surface area contributed by atoms with Crippen LogP contribution in [0.1, 0.15) is 5.56 Å². The van der Waals surface area contributed by atoms with Crippen molar-refractivity contribution in [2.24, 2.45) is 0 Å². The number of fused-ring (bicyclic) bond motifs is 1. The van der Waals surface area contributed by atoms with Gasteiger partial charge in [-0.3, -0.25) is 24.7 Å². The Morgan fingerprint density at radius 3 is 2.72 bits per heavy atom. The maximum absolute atomic E-state index is 13.7. The van der Waals surface area contributed by atoms with Crippen molar-refractivity contribution in [1.82, 2.24) is 9.88 Å². The van der Waals surface area contributed by atoms with Gasteiger partial charge in [0.15, 0.2) is 0 Å². The first-order valence-corrected chi connectivity index (χ1v) is 8.69. The quantitative estimate of drug-likeness (QED) is 0.406. The molecule has 0 aliphatic carbocycles. The number of amides is 2. The molecular formula is C20H17FN4O4. The lowest BCUT2D eigenvalue weighted by atomic mass is 10.1. The molecule has 3 rings (SSSR count). The van der Waals surface area contributed by atoms with Crippen LogP contribution >= 0.6 is 0 Å². The number of nitrogens with one attached hydrogen (secondary N) is 1. The summed E-state index contributed by atoms with van der Waals surface area (Å²) in [5.41, 5.74) is 1.09. The summed E-state index contributed by atoms with van der Waals surface area (Å²) < 4.78 is 13.7. The van der Waals surface area contributed by atoms with E-state index in [9.17, 15) is 24.1 Å². The van der Waals surface area contributed by atoms with Crippen LogP contribution in [0.25, 0.3) is 10.9 Å². The number of carbonyl (C=O) groups is 2. The van der Waals surface area contributed by atoms with Crippen LogP contribution in [0.15, 0.2) is 54.7 Å². The molecule has 2 aromatic carbocycles. The van der Waals surface area contributed by atoms with Gasteiger partial charge < -0.3 is 10.2 Å². The number of nitrogens with zero attached hydrogens (tertiary/aromatic N) is 3. The summed E-state index contributed by atoms with van der Waals surface area (Å²) in [4.78, 5) is 40.0. The average molecular weight is 396 g/mol. The molecule has 0 saturated heterocycles. The molecule has 2 amide bonds. The van der Waals surface area contributed by atoms with Gasteiger partial charge in [-0.2, -0.15) is 0 Å². The van der Waals surface area contributed by atoms with Crippen LogP contribution in [0, 0.1) is 15.9 Å². The molecule has 0 aliphatic rings. The molecule has 0 aliphatic heterocycles. The fourth-order valence-corrected chi connectivity index (χ4v) is 2.77. The maximum Gasteiger partial charge on any atom is 0.313 e. The topological polar surface area (TPSA) is 105 Å². The molecule has 0 atom stereocenters. The second-order valence-corrected chi connectivity index (χ2v) is 6.39. The van der Waals surface area contributed by atoms with E-state index in [1.54, 1.807) is 18.2 Å². The highest BCUT2D eigenvalue weighted by molar-refractivity contribution is 6.39. The molecule has 0 unspecified atom stereocenters.